The Morgan fingerprint density at radius 2 is 2.07 bits per heavy atom. The van der Waals surface area contributed by atoms with E-state index in [4.69, 9.17) is 0 Å². The fraction of sp³-hybridized carbons (Fsp3) is 0.238. The van der Waals surface area contributed by atoms with Gasteiger partial charge in [-0.2, -0.15) is 5.10 Å². The minimum Gasteiger partial charge on any atom is -0.301 e. The zero-order valence-electron chi connectivity index (χ0n) is 16.4. The molecular weight excluding hydrogens is 423 g/mol. The van der Waals surface area contributed by atoms with E-state index in [9.17, 15) is 14.0 Å². The average molecular weight is 443 g/mol. The van der Waals surface area contributed by atoms with Crippen LogP contribution in [0.5, 0.6) is 0 Å². The second-order valence-electron chi connectivity index (χ2n) is 6.90. The van der Waals surface area contributed by atoms with Crippen molar-refractivity contribution >= 4 is 34.7 Å². The molecule has 2 aromatic heterocycles. The normalized spacial score (nSPS) is 16.0. The third kappa shape index (κ3) is 4.22. The van der Waals surface area contributed by atoms with E-state index in [-0.39, 0.29) is 29.1 Å². The van der Waals surface area contributed by atoms with E-state index in [1.54, 1.807) is 37.3 Å². The first-order valence-electron chi connectivity index (χ1n) is 9.31. The zero-order chi connectivity index (χ0) is 21.3. The summed E-state index contributed by atoms with van der Waals surface area (Å²) >= 11 is 2.73. The highest BCUT2D eigenvalue weighted by molar-refractivity contribution is 7.99. The molecule has 0 bridgehead atoms. The molecule has 0 spiro atoms. The molecule has 0 aliphatic carbocycles. The molecule has 4 rings (SSSR count). The average Bonchev–Trinajstić information content (AvgIpc) is 3.40. The summed E-state index contributed by atoms with van der Waals surface area (Å²) in [5.74, 6) is -0.458. The zero-order valence-corrected chi connectivity index (χ0v) is 18.0. The van der Waals surface area contributed by atoms with Crippen molar-refractivity contribution in [2.75, 3.05) is 5.75 Å². The number of amides is 1. The predicted octanol–water partition coefficient (Wildman–Crippen LogP) is 4.06. The number of aromatic amines is 1. The van der Waals surface area contributed by atoms with Crippen LogP contribution in [-0.4, -0.2) is 32.3 Å². The van der Waals surface area contributed by atoms with Gasteiger partial charge in [-0.05, 0) is 43.0 Å². The van der Waals surface area contributed by atoms with Crippen LogP contribution in [0.3, 0.4) is 0 Å². The van der Waals surface area contributed by atoms with E-state index in [0.717, 1.165) is 16.2 Å². The lowest BCUT2D eigenvalue weighted by Crippen LogP contribution is -2.28. The molecule has 3 aromatic rings. The van der Waals surface area contributed by atoms with Gasteiger partial charge in [0.05, 0.1) is 22.4 Å². The number of carbonyl (C=O) groups is 1. The number of hydrazone groups is 1. The number of nitrogens with zero attached hydrogens (tertiary/aromatic N) is 3. The first kappa shape index (κ1) is 20.5. The number of thiophene rings is 1. The number of aryl methyl sites for hydroxylation is 1. The van der Waals surface area contributed by atoms with Crippen LogP contribution in [0.4, 0.5) is 4.39 Å². The number of benzene rings is 1. The lowest BCUT2D eigenvalue weighted by atomic mass is 10.0. The molecule has 1 aliphatic rings. The van der Waals surface area contributed by atoms with Gasteiger partial charge in [-0.1, -0.05) is 30.0 Å². The van der Waals surface area contributed by atoms with E-state index in [1.807, 2.05) is 17.5 Å². The Labute approximate surface area is 180 Å². The quantitative estimate of drug-likeness (QED) is 0.478. The van der Waals surface area contributed by atoms with E-state index in [2.05, 4.69) is 15.1 Å². The van der Waals surface area contributed by atoms with Gasteiger partial charge < -0.3 is 4.98 Å². The first-order valence-corrected chi connectivity index (χ1v) is 11.2. The van der Waals surface area contributed by atoms with Gasteiger partial charge in [0, 0.05) is 17.7 Å². The van der Waals surface area contributed by atoms with Crippen LogP contribution in [0.1, 0.15) is 34.2 Å². The van der Waals surface area contributed by atoms with Crippen LogP contribution < -0.4 is 5.56 Å². The maximum atomic E-state index is 13.4. The van der Waals surface area contributed by atoms with Gasteiger partial charge in [0.2, 0.25) is 0 Å². The largest absolute Gasteiger partial charge is 0.301 e. The van der Waals surface area contributed by atoms with Crippen LogP contribution in [0, 0.1) is 19.7 Å². The van der Waals surface area contributed by atoms with E-state index in [1.165, 1.54) is 28.9 Å². The third-order valence-corrected chi connectivity index (χ3v) is 6.71. The van der Waals surface area contributed by atoms with Crippen molar-refractivity contribution in [1.82, 2.24) is 15.0 Å². The maximum absolute atomic E-state index is 13.4. The Morgan fingerprint density at radius 1 is 1.30 bits per heavy atom. The van der Waals surface area contributed by atoms with Gasteiger partial charge in [0.15, 0.2) is 5.16 Å². The summed E-state index contributed by atoms with van der Waals surface area (Å²) in [7, 11) is 0. The molecular formula is C21H19FN4O2S2. The Balaban J connectivity index is 1.57. The first-order chi connectivity index (χ1) is 14.4. The smallest absolute Gasteiger partial charge is 0.254 e. The molecule has 9 heteroatoms. The van der Waals surface area contributed by atoms with Crippen molar-refractivity contribution in [3.63, 3.8) is 0 Å². The lowest BCUT2D eigenvalue weighted by Gasteiger charge is -2.22. The molecule has 30 heavy (non-hydrogen) atoms. The predicted molar refractivity (Wildman–Crippen MR) is 117 cm³/mol. The van der Waals surface area contributed by atoms with Crippen molar-refractivity contribution in [2.45, 2.75) is 31.5 Å². The number of nitrogens with one attached hydrogen (secondary N) is 1. The molecule has 154 valence electrons. The van der Waals surface area contributed by atoms with Crippen molar-refractivity contribution in [1.29, 1.82) is 0 Å². The summed E-state index contributed by atoms with van der Waals surface area (Å²) < 4.78 is 13.4. The van der Waals surface area contributed by atoms with Gasteiger partial charge in [0.25, 0.3) is 11.5 Å². The number of H-pyrrole nitrogens is 1. The molecule has 0 unspecified atom stereocenters. The summed E-state index contributed by atoms with van der Waals surface area (Å²) in [6.07, 6.45) is 0.557. The lowest BCUT2D eigenvalue weighted by molar-refractivity contribution is -0.130. The van der Waals surface area contributed by atoms with E-state index in [0.29, 0.717) is 22.8 Å². The molecule has 1 amide bonds. The number of aromatic nitrogens is 2. The van der Waals surface area contributed by atoms with Crippen molar-refractivity contribution in [3.8, 4) is 0 Å². The fourth-order valence-electron chi connectivity index (χ4n) is 3.16. The van der Waals surface area contributed by atoms with E-state index < -0.39 is 0 Å². The number of halogens is 1. The summed E-state index contributed by atoms with van der Waals surface area (Å²) in [6, 6.07) is 9.75. The molecule has 1 atom stereocenters. The molecule has 1 N–H and O–H groups in total. The minimum atomic E-state index is -0.325. The van der Waals surface area contributed by atoms with Crippen LogP contribution in [0.15, 0.2) is 56.8 Å². The van der Waals surface area contributed by atoms with Crippen LogP contribution in [0.2, 0.25) is 0 Å². The second kappa shape index (κ2) is 8.53. The summed E-state index contributed by atoms with van der Waals surface area (Å²) in [4.78, 5) is 33.0. The van der Waals surface area contributed by atoms with Crippen molar-refractivity contribution in [3.05, 3.63) is 79.6 Å². The number of hydrogen-bond donors (Lipinski definition) is 1. The molecule has 0 radical (unpaired) electrons. The molecule has 0 saturated carbocycles. The molecule has 1 aromatic carbocycles. The Morgan fingerprint density at radius 3 is 2.73 bits per heavy atom. The van der Waals surface area contributed by atoms with Crippen molar-refractivity contribution in [2.24, 2.45) is 5.10 Å². The van der Waals surface area contributed by atoms with Gasteiger partial charge >= 0.3 is 0 Å². The number of hydrogen-bond acceptors (Lipinski definition) is 6. The van der Waals surface area contributed by atoms with Crippen LogP contribution in [-0.2, 0) is 4.79 Å². The standard InChI is InChI=1S/C21H19FN4O2S2/c1-12-13(2)23-21(24-20(12)28)30-11-19(27)26-17(14-5-7-15(22)8-6-14)10-16(25-26)18-4-3-9-29-18/h3-9,17H,10-11H2,1-2H3,(H,23,24,28)/t17-/m1/s1. The summed E-state index contributed by atoms with van der Waals surface area (Å²) in [5, 5.41) is 8.41. The third-order valence-electron chi connectivity index (χ3n) is 4.93. The highest BCUT2D eigenvalue weighted by Gasteiger charge is 2.33. The maximum Gasteiger partial charge on any atom is 0.254 e. The topological polar surface area (TPSA) is 78.4 Å². The highest BCUT2D eigenvalue weighted by atomic mass is 32.2. The number of thioether (sulfide) groups is 1. The molecule has 0 fully saturated rings. The molecule has 3 heterocycles. The van der Waals surface area contributed by atoms with Gasteiger partial charge in [-0.15, -0.1) is 11.3 Å². The summed E-state index contributed by atoms with van der Waals surface area (Å²) in [6.45, 7) is 3.47. The Hall–Kier alpha value is -2.78. The molecule has 0 saturated heterocycles. The van der Waals surface area contributed by atoms with Crippen LogP contribution in [0.25, 0.3) is 0 Å². The second-order valence-corrected chi connectivity index (χ2v) is 8.82. The van der Waals surface area contributed by atoms with Crippen LogP contribution >= 0.6 is 23.1 Å². The molecule has 6 nitrogen and oxygen atoms in total. The van der Waals surface area contributed by atoms with Crippen molar-refractivity contribution < 1.29 is 9.18 Å². The van der Waals surface area contributed by atoms with Gasteiger partial charge in [-0.3, -0.25) is 9.59 Å². The number of rotatable bonds is 5. The van der Waals surface area contributed by atoms with Gasteiger partial charge in [0.1, 0.15) is 5.82 Å². The fourth-order valence-corrected chi connectivity index (χ4v) is 4.64. The van der Waals surface area contributed by atoms with E-state index >= 15 is 0 Å². The number of carbonyl (C=O) groups excluding carboxylic acids is 1. The monoisotopic (exact) mass is 442 g/mol. The Kier molecular flexibility index (Phi) is 5.83. The minimum absolute atomic E-state index is 0.0738. The van der Waals surface area contributed by atoms with Gasteiger partial charge in [-0.25, -0.2) is 14.4 Å². The molecule has 1 aliphatic heterocycles. The highest BCUT2D eigenvalue weighted by Crippen LogP contribution is 2.34. The SMILES string of the molecule is Cc1nc(SCC(=O)N2N=C(c3cccs3)C[C@@H]2c2ccc(F)cc2)[nH]c(=O)c1C. The summed E-state index contributed by atoms with van der Waals surface area (Å²) in [5.41, 5.74) is 2.64. The Bertz CT molecular complexity index is 1160.